The molecule has 0 saturated carbocycles. The standard InChI is InChI=1S/C28H42N6O2S/c1-22-21-24(23(2)33(22)11-5-9-31-13-17-35-18-14-31)27-26(25-7-3-4-8-29-25)30-28(37)34(27)12-6-10-32-15-19-36-20-16-32/h3-4,7-8,21,26-27H,5-6,9-20H2,1-2H3,(H,30,37)/t26-,27+/m0/s1. The highest BCUT2D eigenvalue weighted by Crippen LogP contribution is 2.40. The summed E-state index contributed by atoms with van der Waals surface area (Å²) in [6.45, 7) is 16.2. The molecule has 3 fully saturated rings. The molecule has 9 heteroatoms. The van der Waals surface area contributed by atoms with Crippen LogP contribution in [0.25, 0.3) is 0 Å². The molecule has 3 aliphatic rings. The third-order valence-corrected chi connectivity index (χ3v) is 8.42. The van der Waals surface area contributed by atoms with Gasteiger partial charge in [0, 0.05) is 69.9 Å². The third-order valence-electron chi connectivity index (χ3n) is 8.07. The second kappa shape index (κ2) is 12.7. The molecule has 202 valence electrons. The van der Waals surface area contributed by atoms with E-state index in [2.05, 4.69) is 56.6 Å². The van der Waals surface area contributed by atoms with E-state index >= 15 is 0 Å². The number of morpholine rings is 2. The lowest BCUT2D eigenvalue weighted by Gasteiger charge is -2.30. The Morgan fingerprint density at radius 2 is 1.57 bits per heavy atom. The molecule has 2 aromatic rings. The first-order valence-corrected chi connectivity index (χ1v) is 14.3. The molecular weight excluding hydrogens is 484 g/mol. The van der Waals surface area contributed by atoms with Gasteiger partial charge in [-0.2, -0.15) is 0 Å². The summed E-state index contributed by atoms with van der Waals surface area (Å²) in [5.74, 6) is 0. The quantitative estimate of drug-likeness (QED) is 0.475. The fourth-order valence-electron chi connectivity index (χ4n) is 6.02. The second-order valence-corrected chi connectivity index (χ2v) is 10.8. The van der Waals surface area contributed by atoms with Gasteiger partial charge in [-0.1, -0.05) is 6.07 Å². The lowest BCUT2D eigenvalue weighted by Crippen LogP contribution is -2.39. The van der Waals surface area contributed by atoms with Gasteiger partial charge in [-0.15, -0.1) is 0 Å². The minimum absolute atomic E-state index is 0.0411. The van der Waals surface area contributed by atoms with Gasteiger partial charge in [0.05, 0.1) is 44.2 Å². The van der Waals surface area contributed by atoms with Gasteiger partial charge < -0.3 is 24.3 Å². The molecule has 5 rings (SSSR count). The average molecular weight is 527 g/mol. The minimum Gasteiger partial charge on any atom is -0.379 e. The molecule has 3 saturated heterocycles. The number of rotatable bonds is 10. The Bertz CT molecular complexity index is 1020. The zero-order valence-electron chi connectivity index (χ0n) is 22.4. The molecule has 0 aliphatic carbocycles. The van der Waals surface area contributed by atoms with E-state index in [1.54, 1.807) is 0 Å². The highest BCUT2D eigenvalue weighted by molar-refractivity contribution is 7.80. The van der Waals surface area contributed by atoms with E-state index in [9.17, 15) is 0 Å². The van der Waals surface area contributed by atoms with Gasteiger partial charge >= 0.3 is 0 Å². The van der Waals surface area contributed by atoms with Gasteiger partial charge in [-0.05, 0) is 62.7 Å². The summed E-state index contributed by atoms with van der Waals surface area (Å²) in [5.41, 5.74) is 5.07. The van der Waals surface area contributed by atoms with Crippen molar-refractivity contribution in [3.8, 4) is 0 Å². The molecule has 5 heterocycles. The number of aromatic nitrogens is 2. The van der Waals surface area contributed by atoms with Crippen LogP contribution in [0.3, 0.4) is 0 Å². The summed E-state index contributed by atoms with van der Waals surface area (Å²) in [6.07, 6.45) is 4.10. The van der Waals surface area contributed by atoms with Gasteiger partial charge in [0.25, 0.3) is 0 Å². The number of aryl methyl sites for hydroxylation is 1. The van der Waals surface area contributed by atoms with Crippen molar-refractivity contribution in [1.82, 2.24) is 29.6 Å². The number of nitrogens with one attached hydrogen (secondary N) is 1. The highest BCUT2D eigenvalue weighted by atomic mass is 32.1. The van der Waals surface area contributed by atoms with Gasteiger partial charge in [0.2, 0.25) is 0 Å². The number of pyridine rings is 1. The predicted molar refractivity (Wildman–Crippen MR) is 150 cm³/mol. The zero-order valence-corrected chi connectivity index (χ0v) is 23.2. The van der Waals surface area contributed by atoms with E-state index in [4.69, 9.17) is 26.7 Å². The van der Waals surface area contributed by atoms with Crippen molar-refractivity contribution in [3.05, 3.63) is 53.1 Å². The average Bonchev–Trinajstić information content (AvgIpc) is 3.40. The SMILES string of the molecule is Cc1cc([C@@H]2[C@H](c3ccccn3)NC(=S)N2CCCN2CCOCC2)c(C)n1CCCN1CCOCC1. The second-order valence-electron chi connectivity index (χ2n) is 10.4. The minimum atomic E-state index is 0.0411. The summed E-state index contributed by atoms with van der Waals surface area (Å²) in [4.78, 5) is 12.2. The van der Waals surface area contributed by atoms with Gasteiger partial charge in [0.15, 0.2) is 5.11 Å². The van der Waals surface area contributed by atoms with E-state index in [0.29, 0.717) is 0 Å². The van der Waals surface area contributed by atoms with Gasteiger partial charge in [-0.25, -0.2) is 0 Å². The maximum atomic E-state index is 5.92. The van der Waals surface area contributed by atoms with Crippen LogP contribution in [-0.4, -0.2) is 102 Å². The fourth-order valence-corrected chi connectivity index (χ4v) is 6.35. The van der Waals surface area contributed by atoms with Crippen molar-refractivity contribution in [2.24, 2.45) is 0 Å². The monoisotopic (exact) mass is 526 g/mol. The van der Waals surface area contributed by atoms with Crippen LogP contribution in [0.4, 0.5) is 0 Å². The molecule has 0 bridgehead atoms. The van der Waals surface area contributed by atoms with Crippen molar-refractivity contribution in [1.29, 1.82) is 0 Å². The molecular formula is C28H42N6O2S. The van der Waals surface area contributed by atoms with Crippen molar-refractivity contribution >= 4 is 17.3 Å². The van der Waals surface area contributed by atoms with Crippen LogP contribution < -0.4 is 5.32 Å². The van der Waals surface area contributed by atoms with E-state index in [1.165, 1.54) is 17.0 Å². The number of ether oxygens (including phenoxy) is 2. The molecule has 2 aromatic heterocycles. The Labute approximate surface area is 226 Å². The van der Waals surface area contributed by atoms with Crippen LogP contribution in [0.5, 0.6) is 0 Å². The van der Waals surface area contributed by atoms with Crippen LogP contribution in [-0.2, 0) is 16.0 Å². The van der Waals surface area contributed by atoms with Crippen molar-refractivity contribution in [3.63, 3.8) is 0 Å². The number of nitrogens with zero attached hydrogens (tertiary/aromatic N) is 5. The molecule has 1 N–H and O–H groups in total. The van der Waals surface area contributed by atoms with Crippen LogP contribution in [0.1, 0.15) is 47.6 Å². The van der Waals surface area contributed by atoms with Crippen molar-refractivity contribution in [2.75, 3.05) is 72.2 Å². The molecule has 0 unspecified atom stereocenters. The first kappa shape index (κ1) is 26.6. The summed E-state index contributed by atoms with van der Waals surface area (Å²) in [5, 5.41) is 4.47. The molecule has 2 atom stereocenters. The van der Waals surface area contributed by atoms with Crippen LogP contribution in [0, 0.1) is 13.8 Å². The summed E-state index contributed by atoms with van der Waals surface area (Å²) >= 11 is 5.92. The number of hydrogen-bond acceptors (Lipinski definition) is 6. The van der Waals surface area contributed by atoms with E-state index < -0.39 is 0 Å². The lowest BCUT2D eigenvalue weighted by atomic mass is 9.96. The first-order valence-electron chi connectivity index (χ1n) is 13.9. The maximum Gasteiger partial charge on any atom is 0.170 e. The Balaban J connectivity index is 1.33. The Morgan fingerprint density at radius 3 is 2.19 bits per heavy atom. The van der Waals surface area contributed by atoms with E-state index in [1.807, 2.05) is 12.3 Å². The topological polar surface area (TPSA) is 58.0 Å². The van der Waals surface area contributed by atoms with Crippen LogP contribution in [0.2, 0.25) is 0 Å². The summed E-state index contributed by atoms with van der Waals surface area (Å²) < 4.78 is 13.5. The zero-order chi connectivity index (χ0) is 25.6. The third kappa shape index (κ3) is 6.34. The fraction of sp³-hybridized carbons (Fsp3) is 0.643. The predicted octanol–water partition coefficient (Wildman–Crippen LogP) is 2.92. The molecule has 3 aliphatic heterocycles. The summed E-state index contributed by atoms with van der Waals surface area (Å²) in [6, 6.07) is 8.72. The molecule has 0 aromatic carbocycles. The van der Waals surface area contributed by atoms with Crippen molar-refractivity contribution in [2.45, 2.75) is 45.3 Å². The number of thiocarbonyl (C=S) groups is 1. The smallest absolute Gasteiger partial charge is 0.170 e. The molecule has 8 nitrogen and oxygen atoms in total. The largest absolute Gasteiger partial charge is 0.379 e. The Hall–Kier alpha value is -2.04. The van der Waals surface area contributed by atoms with Crippen LogP contribution >= 0.6 is 12.2 Å². The van der Waals surface area contributed by atoms with Crippen molar-refractivity contribution < 1.29 is 9.47 Å². The van der Waals surface area contributed by atoms with Crippen LogP contribution in [0.15, 0.2) is 30.5 Å². The van der Waals surface area contributed by atoms with Gasteiger partial charge in [0.1, 0.15) is 0 Å². The molecule has 0 spiro atoms. The number of hydrogen-bond donors (Lipinski definition) is 1. The highest BCUT2D eigenvalue weighted by Gasteiger charge is 2.41. The molecule has 0 amide bonds. The lowest BCUT2D eigenvalue weighted by molar-refractivity contribution is 0.0365. The molecule has 37 heavy (non-hydrogen) atoms. The Morgan fingerprint density at radius 1 is 0.919 bits per heavy atom. The molecule has 0 radical (unpaired) electrons. The van der Waals surface area contributed by atoms with Gasteiger partial charge in [-0.3, -0.25) is 14.8 Å². The summed E-state index contributed by atoms with van der Waals surface area (Å²) in [7, 11) is 0. The first-order chi connectivity index (χ1) is 18.1. The maximum absolute atomic E-state index is 5.92. The van der Waals surface area contributed by atoms with E-state index in [-0.39, 0.29) is 12.1 Å². The van der Waals surface area contributed by atoms with E-state index in [0.717, 1.165) is 102 Å². The Kier molecular flexibility index (Phi) is 9.10. The normalized spacial score (nSPS) is 23.5.